The van der Waals surface area contributed by atoms with Crippen molar-refractivity contribution in [3.63, 3.8) is 0 Å². The summed E-state index contributed by atoms with van der Waals surface area (Å²) < 4.78 is 5.81. The van der Waals surface area contributed by atoms with Crippen LogP contribution in [-0.2, 0) is 19.1 Å². The number of nitrogens with zero attached hydrogens (tertiary/aromatic N) is 2. The zero-order valence-corrected chi connectivity index (χ0v) is 18.3. The van der Waals surface area contributed by atoms with Crippen molar-refractivity contribution in [1.82, 2.24) is 10.2 Å². The summed E-state index contributed by atoms with van der Waals surface area (Å²) in [4.78, 5) is 52.2. The molecule has 33 heavy (non-hydrogen) atoms. The fourth-order valence-corrected chi connectivity index (χ4v) is 4.07. The summed E-state index contributed by atoms with van der Waals surface area (Å²) in [6.45, 7) is 2.78. The zero-order valence-electron chi connectivity index (χ0n) is 18.3. The van der Waals surface area contributed by atoms with Crippen molar-refractivity contribution in [1.29, 1.82) is 0 Å². The number of urea groups is 1. The number of hydrogen-bond acceptors (Lipinski definition) is 5. The Labute approximate surface area is 191 Å². The van der Waals surface area contributed by atoms with Crippen molar-refractivity contribution in [2.45, 2.75) is 31.9 Å². The molecule has 9 heteroatoms. The lowest BCUT2D eigenvalue weighted by atomic mass is 10.1. The molecule has 4 rings (SSSR count). The van der Waals surface area contributed by atoms with E-state index in [4.69, 9.17) is 4.74 Å². The minimum atomic E-state index is -0.781. The molecule has 2 aromatic carbocycles. The number of hydrogen-bond donors (Lipinski definition) is 2. The molecular weight excluding hydrogens is 424 g/mol. The van der Waals surface area contributed by atoms with Gasteiger partial charge in [0.2, 0.25) is 11.8 Å². The van der Waals surface area contributed by atoms with Crippen LogP contribution in [0.2, 0.25) is 0 Å². The van der Waals surface area contributed by atoms with Crippen LogP contribution in [0, 0.1) is 0 Å². The second-order valence-corrected chi connectivity index (χ2v) is 8.06. The molecule has 172 valence electrons. The fourth-order valence-electron chi connectivity index (χ4n) is 4.07. The molecule has 5 amide bonds. The Morgan fingerprint density at radius 3 is 2.67 bits per heavy atom. The molecule has 2 atom stereocenters. The van der Waals surface area contributed by atoms with Crippen LogP contribution in [0.1, 0.15) is 31.4 Å². The SMILES string of the molecule is CC(=O)Nc1cccc(N2C(=O)N[C@@H](CCC(=O)N3CCOC(c4ccccc4)C3)C2=O)c1. The number of nitrogens with one attached hydrogen (secondary N) is 2. The van der Waals surface area contributed by atoms with Gasteiger partial charge in [-0.2, -0.15) is 0 Å². The summed E-state index contributed by atoms with van der Waals surface area (Å²) in [6, 6.07) is 14.9. The Balaban J connectivity index is 1.35. The number of rotatable bonds is 6. The number of anilines is 2. The van der Waals surface area contributed by atoms with E-state index in [1.54, 1.807) is 29.2 Å². The standard InChI is InChI=1S/C24H26N4O5/c1-16(29)25-18-8-5-9-19(14-18)28-23(31)20(26-24(28)32)10-11-22(30)27-12-13-33-21(15-27)17-6-3-2-4-7-17/h2-9,14,20-21H,10-13,15H2,1H3,(H,25,29)(H,26,32)/t20-,21?/m0/s1. The van der Waals surface area contributed by atoms with Gasteiger partial charge >= 0.3 is 6.03 Å². The topological polar surface area (TPSA) is 108 Å². The third-order valence-electron chi connectivity index (χ3n) is 5.68. The molecule has 9 nitrogen and oxygen atoms in total. The quantitative estimate of drug-likeness (QED) is 0.658. The van der Waals surface area contributed by atoms with E-state index < -0.39 is 18.0 Å². The van der Waals surface area contributed by atoms with Gasteiger partial charge in [0.1, 0.15) is 12.1 Å². The van der Waals surface area contributed by atoms with Crippen LogP contribution < -0.4 is 15.5 Å². The third kappa shape index (κ3) is 5.20. The average Bonchev–Trinajstić information content (AvgIpc) is 3.10. The van der Waals surface area contributed by atoms with E-state index in [9.17, 15) is 19.2 Å². The van der Waals surface area contributed by atoms with Gasteiger partial charge in [-0.25, -0.2) is 9.69 Å². The van der Waals surface area contributed by atoms with Crippen LogP contribution in [0.25, 0.3) is 0 Å². The van der Waals surface area contributed by atoms with Crippen LogP contribution in [0.5, 0.6) is 0 Å². The first-order valence-electron chi connectivity index (χ1n) is 10.9. The van der Waals surface area contributed by atoms with Crippen molar-refractivity contribution in [3.05, 3.63) is 60.2 Å². The minimum Gasteiger partial charge on any atom is -0.370 e. The van der Waals surface area contributed by atoms with Crippen LogP contribution in [0.3, 0.4) is 0 Å². The largest absolute Gasteiger partial charge is 0.370 e. The number of imide groups is 1. The van der Waals surface area contributed by atoms with Gasteiger partial charge in [0.05, 0.1) is 18.8 Å². The summed E-state index contributed by atoms with van der Waals surface area (Å²) in [7, 11) is 0. The summed E-state index contributed by atoms with van der Waals surface area (Å²) in [5.41, 5.74) is 1.86. The molecule has 0 spiro atoms. The Morgan fingerprint density at radius 1 is 1.12 bits per heavy atom. The maximum absolute atomic E-state index is 12.9. The van der Waals surface area contributed by atoms with E-state index in [1.165, 1.54) is 6.92 Å². The molecular formula is C24H26N4O5. The van der Waals surface area contributed by atoms with E-state index in [0.29, 0.717) is 31.1 Å². The molecule has 0 bridgehead atoms. The van der Waals surface area contributed by atoms with E-state index >= 15 is 0 Å². The van der Waals surface area contributed by atoms with Gasteiger partial charge < -0.3 is 20.3 Å². The maximum Gasteiger partial charge on any atom is 0.329 e. The first-order valence-corrected chi connectivity index (χ1v) is 10.9. The molecule has 0 radical (unpaired) electrons. The van der Waals surface area contributed by atoms with Gasteiger partial charge in [0, 0.05) is 25.6 Å². The molecule has 2 aliphatic rings. The Hall–Kier alpha value is -3.72. The highest BCUT2D eigenvalue weighted by Crippen LogP contribution is 2.25. The molecule has 2 N–H and O–H groups in total. The number of morpholine rings is 1. The lowest BCUT2D eigenvalue weighted by Gasteiger charge is -2.33. The van der Waals surface area contributed by atoms with E-state index in [0.717, 1.165) is 10.5 Å². The first-order chi connectivity index (χ1) is 15.9. The zero-order chi connectivity index (χ0) is 23.4. The molecule has 2 aliphatic heterocycles. The predicted octanol–water partition coefficient (Wildman–Crippen LogP) is 2.45. The highest BCUT2D eigenvalue weighted by molar-refractivity contribution is 6.21. The number of ether oxygens (including phenoxy) is 1. The van der Waals surface area contributed by atoms with Crippen LogP contribution in [0.4, 0.5) is 16.2 Å². The van der Waals surface area contributed by atoms with Gasteiger partial charge in [-0.3, -0.25) is 14.4 Å². The van der Waals surface area contributed by atoms with Crippen molar-refractivity contribution >= 4 is 35.1 Å². The second-order valence-electron chi connectivity index (χ2n) is 8.06. The summed E-state index contributed by atoms with van der Waals surface area (Å²) in [5.74, 6) is -0.748. The molecule has 0 saturated carbocycles. The van der Waals surface area contributed by atoms with Gasteiger partial charge in [-0.05, 0) is 30.2 Å². The van der Waals surface area contributed by atoms with Gasteiger partial charge in [0.25, 0.3) is 5.91 Å². The van der Waals surface area contributed by atoms with Gasteiger partial charge in [-0.1, -0.05) is 36.4 Å². The minimum absolute atomic E-state index is 0.0765. The smallest absolute Gasteiger partial charge is 0.329 e. The summed E-state index contributed by atoms with van der Waals surface area (Å²) >= 11 is 0. The van der Waals surface area contributed by atoms with Crippen molar-refractivity contribution in [2.75, 3.05) is 29.9 Å². The number of carbonyl (C=O) groups excluding carboxylic acids is 4. The summed E-state index contributed by atoms with van der Waals surface area (Å²) in [5, 5.41) is 5.29. The predicted molar refractivity (Wildman–Crippen MR) is 122 cm³/mol. The van der Waals surface area contributed by atoms with E-state index in [1.807, 2.05) is 30.3 Å². The highest BCUT2D eigenvalue weighted by atomic mass is 16.5. The monoisotopic (exact) mass is 450 g/mol. The van der Waals surface area contributed by atoms with Crippen LogP contribution >= 0.6 is 0 Å². The molecule has 2 fully saturated rings. The van der Waals surface area contributed by atoms with Gasteiger partial charge in [-0.15, -0.1) is 0 Å². The Morgan fingerprint density at radius 2 is 1.91 bits per heavy atom. The Bertz CT molecular complexity index is 1060. The molecule has 2 aromatic rings. The fraction of sp³-hybridized carbons (Fsp3) is 0.333. The molecule has 0 aromatic heterocycles. The average molecular weight is 450 g/mol. The highest BCUT2D eigenvalue weighted by Gasteiger charge is 2.39. The lowest BCUT2D eigenvalue weighted by molar-refractivity contribution is -0.139. The third-order valence-corrected chi connectivity index (χ3v) is 5.68. The lowest BCUT2D eigenvalue weighted by Crippen LogP contribution is -2.43. The van der Waals surface area contributed by atoms with Crippen molar-refractivity contribution < 1.29 is 23.9 Å². The van der Waals surface area contributed by atoms with Crippen molar-refractivity contribution in [3.8, 4) is 0 Å². The summed E-state index contributed by atoms with van der Waals surface area (Å²) in [6.07, 6.45) is 0.166. The van der Waals surface area contributed by atoms with E-state index in [2.05, 4.69) is 10.6 Å². The second kappa shape index (κ2) is 9.83. The molecule has 2 heterocycles. The van der Waals surface area contributed by atoms with Crippen LogP contribution in [-0.4, -0.2) is 54.4 Å². The number of carbonyl (C=O) groups is 4. The molecule has 1 unspecified atom stereocenters. The van der Waals surface area contributed by atoms with Crippen LogP contribution in [0.15, 0.2) is 54.6 Å². The normalized spacial score (nSPS) is 20.5. The van der Waals surface area contributed by atoms with Gasteiger partial charge in [0.15, 0.2) is 0 Å². The maximum atomic E-state index is 12.9. The molecule has 2 saturated heterocycles. The first kappa shape index (κ1) is 22.5. The number of benzene rings is 2. The van der Waals surface area contributed by atoms with E-state index in [-0.39, 0.29) is 30.8 Å². The Kier molecular flexibility index (Phi) is 6.69. The van der Waals surface area contributed by atoms with Crippen molar-refractivity contribution in [2.24, 2.45) is 0 Å². The molecule has 0 aliphatic carbocycles. The number of amides is 5.